The standard InChI is InChI=1S/C14H19BrN2O4/c1-14(2,3)21-13(18)17-16-8-9-6-10(15)12(20-5)11(7-9)19-4/h6-8H,1-5H3,(H,17,18)/b16-8+. The van der Waals surface area contributed by atoms with Gasteiger partial charge in [-0.3, -0.25) is 0 Å². The van der Waals surface area contributed by atoms with Crippen molar-refractivity contribution in [2.75, 3.05) is 14.2 Å². The first-order chi connectivity index (χ1) is 9.76. The topological polar surface area (TPSA) is 69.2 Å². The fraction of sp³-hybridized carbons (Fsp3) is 0.429. The van der Waals surface area contributed by atoms with Crippen LogP contribution in [0.3, 0.4) is 0 Å². The predicted molar refractivity (Wildman–Crippen MR) is 84.2 cm³/mol. The van der Waals surface area contributed by atoms with Crippen molar-refractivity contribution < 1.29 is 19.0 Å². The van der Waals surface area contributed by atoms with Crippen molar-refractivity contribution in [2.45, 2.75) is 26.4 Å². The molecule has 0 aromatic heterocycles. The summed E-state index contributed by atoms with van der Waals surface area (Å²) in [5.74, 6) is 1.15. The van der Waals surface area contributed by atoms with E-state index in [2.05, 4.69) is 26.5 Å². The zero-order valence-electron chi connectivity index (χ0n) is 12.7. The third-order valence-electron chi connectivity index (χ3n) is 2.22. The van der Waals surface area contributed by atoms with E-state index in [1.807, 2.05) is 0 Å². The van der Waals surface area contributed by atoms with Gasteiger partial charge in [-0.15, -0.1) is 0 Å². The van der Waals surface area contributed by atoms with Crippen LogP contribution in [-0.2, 0) is 4.74 Å². The molecule has 0 radical (unpaired) electrons. The van der Waals surface area contributed by atoms with E-state index in [-0.39, 0.29) is 0 Å². The molecule has 116 valence electrons. The maximum atomic E-state index is 11.4. The minimum Gasteiger partial charge on any atom is -0.493 e. The maximum absolute atomic E-state index is 11.4. The minimum atomic E-state index is -0.613. The van der Waals surface area contributed by atoms with Gasteiger partial charge in [0.25, 0.3) is 0 Å². The molecule has 0 aliphatic rings. The van der Waals surface area contributed by atoms with Gasteiger partial charge in [-0.1, -0.05) is 0 Å². The van der Waals surface area contributed by atoms with Crippen LogP contribution >= 0.6 is 15.9 Å². The van der Waals surface area contributed by atoms with Gasteiger partial charge in [0.15, 0.2) is 11.5 Å². The van der Waals surface area contributed by atoms with Crippen LogP contribution in [0.5, 0.6) is 11.5 Å². The third kappa shape index (κ3) is 5.63. The SMILES string of the molecule is COc1cc(/C=N/NC(=O)OC(C)(C)C)cc(Br)c1OC. The normalized spacial score (nSPS) is 11.3. The number of hydrazone groups is 1. The van der Waals surface area contributed by atoms with Crippen LogP contribution in [-0.4, -0.2) is 32.1 Å². The number of hydrogen-bond acceptors (Lipinski definition) is 5. The molecule has 0 unspecified atom stereocenters. The lowest BCUT2D eigenvalue weighted by molar-refractivity contribution is 0.0529. The van der Waals surface area contributed by atoms with Crippen molar-refractivity contribution in [2.24, 2.45) is 5.10 Å². The highest BCUT2D eigenvalue weighted by molar-refractivity contribution is 9.10. The Morgan fingerprint density at radius 2 is 1.95 bits per heavy atom. The molecule has 1 rings (SSSR count). The lowest BCUT2D eigenvalue weighted by Crippen LogP contribution is -2.29. The molecule has 7 heteroatoms. The smallest absolute Gasteiger partial charge is 0.428 e. The molecule has 1 aromatic carbocycles. The second kappa shape index (κ2) is 7.31. The summed E-state index contributed by atoms with van der Waals surface area (Å²) in [5, 5.41) is 3.83. The van der Waals surface area contributed by atoms with Crippen molar-refractivity contribution >= 4 is 28.2 Å². The molecule has 0 atom stereocenters. The van der Waals surface area contributed by atoms with E-state index in [4.69, 9.17) is 14.2 Å². The molecule has 1 N–H and O–H groups in total. The van der Waals surface area contributed by atoms with E-state index >= 15 is 0 Å². The Labute approximate surface area is 132 Å². The lowest BCUT2D eigenvalue weighted by atomic mass is 10.2. The van der Waals surface area contributed by atoms with Gasteiger partial charge < -0.3 is 14.2 Å². The quantitative estimate of drug-likeness (QED) is 0.661. The molecule has 1 aromatic rings. The van der Waals surface area contributed by atoms with Crippen molar-refractivity contribution in [1.29, 1.82) is 0 Å². The average Bonchev–Trinajstić information content (AvgIpc) is 2.35. The molecule has 0 spiro atoms. The summed E-state index contributed by atoms with van der Waals surface area (Å²) < 4.78 is 16.2. The molecular weight excluding hydrogens is 340 g/mol. The molecule has 1 amide bonds. The molecule has 6 nitrogen and oxygen atoms in total. The summed E-state index contributed by atoms with van der Waals surface area (Å²) in [4.78, 5) is 11.4. The summed E-state index contributed by atoms with van der Waals surface area (Å²) in [6.45, 7) is 5.34. The summed E-state index contributed by atoms with van der Waals surface area (Å²) in [5.41, 5.74) is 2.46. The molecule has 0 saturated carbocycles. The number of amides is 1. The average molecular weight is 359 g/mol. The highest BCUT2D eigenvalue weighted by atomic mass is 79.9. The Kier molecular flexibility index (Phi) is 6.02. The lowest BCUT2D eigenvalue weighted by Gasteiger charge is -2.18. The molecule has 0 aliphatic heterocycles. The van der Waals surface area contributed by atoms with E-state index in [9.17, 15) is 4.79 Å². The van der Waals surface area contributed by atoms with E-state index in [0.717, 1.165) is 10.0 Å². The van der Waals surface area contributed by atoms with Crippen molar-refractivity contribution in [1.82, 2.24) is 5.43 Å². The number of methoxy groups -OCH3 is 2. The van der Waals surface area contributed by atoms with Gasteiger partial charge in [0.1, 0.15) is 5.60 Å². The third-order valence-corrected chi connectivity index (χ3v) is 2.81. The summed E-state index contributed by atoms with van der Waals surface area (Å²) >= 11 is 3.38. The van der Waals surface area contributed by atoms with E-state index in [1.54, 1.807) is 47.1 Å². The number of nitrogens with one attached hydrogen (secondary N) is 1. The molecule has 0 heterocycles. The second-order valence-electron chi connectivity index (χ2n) is 5.11. The number of nitrogens with zero attached hydrogens (tertiary/aromatic N) is 1. The number of halogens is 1. The number of benzene rings is 1. The van der Waals surface area contributed by atoms with Gasteiger partial charge in [0, 0.05) is 0 Å². The van der Waals surface area contributed by atoms with Gasteiger partial charge in [0.05, 0.1) is 24.9 Å². The second-order valence-corrected chi connectivity index (χ2v) is 5.96. The molecule has 0 bridgehead atoms. The summed E-state index contributed by atoms with van der Waals surface area (Å²) in [6, 6.07) is 3.53. The molecular formula is C14H19BrN2O4. The van der Waals surface area contributed by atoms with E-state index in [1.165, 1.54) is 6.21 Å². The van der Waals surface area contributed by atoms with Crippen LogP contribution in [0.15, 0.2) is 21.7 Å². The zero-order valence-corrected chi connectivity index (χ0v) is 14.3. The first kappa shape index (κ1) is 17.3. The van der Waals surface area contributed by atoms with Crippen molar-refractivity contribution in [3.8, 4) is 11.5 Å². The van der Waals surface area contributed by atoms with Gasteiger partial charge >= 0.3 is 6.09 Å². The molecule has 0 fully saturated rings. The number of rotatable bonds is 4. The maximum Gasteiger partial charge on any atom is 0.428 e. The Hall–Kier alpha value is -1.76. The Balaban J connectivity index is 2.77. The Morgan fingerprint density at radius 3 is 2.48 bits per heavy atom. The first-order valence-electron chi connectivity index (χ1n) is 6.20. The number of ether oxygens (including phenoxy) is 3. The van der Waals surface area contributed by atoms with Gasteiger partial charge in [0.2, 0.25) is 0 Å². The number of carbonyl (C=O) groups is 1. The number of hydrogen-bond donors (Lipinski definition) is 1. The van der Waals surface area contributed by atoms with E-state index < -0.39 is 11.7 Å². The van der Waals surface area contributed by atoms with Crippen molar-refractivity contribution in [3.05, 3.63) is 22.2 Å². The summed E-state index contributed by atoms with van der Waals surface area (Å²) in [6.07, 6.45) is 0.870. The minimum absolute atomic E-state index is 0.561. The van der Waals surface area contributed by atoms with Crippen LogP contribution < -0.4 is 14.9 Å². The van der Waals surface area contributed by atoms with Crippen LogP contribution in [0.2, 0.25) is 0 Å². The Morgan fingerprint density at radius 1 is 1.29 bits per heavy atom. The number of carbonyl (C=O) groups excluding carboxylic acids is 1. The van der Waals surface area contributed by atoms with Gasteiger partial charge in [-0.25, -0.2) is 10.2 Å². The zero-order chi connectivity index (χ0) is 16.0. The molecule has 0 aliphatic carbocycles. The van der Waals surface area contributed by atoms with Crippen LogP contribution in [0, 0.1) is 0 Å². The van der Waals surface area contributed by atoms with Crippen LogP contribution in [0.25, 0.3) is 0 Å². The molecule has 0 saturated heterocycles. The highest BCUT2D eigenvalue weighted by Gasteiger charge is 2.15. The predicted octanol–water partition coefficient (Wildman–Crippen LogP) is 3.32. The largest absolute Gasteiger partial charge is 0.493 e. The van der Waals surface area contributed by atoms with Gasteiger partial charge in [-0.05, 0) is 54.4 Å². The fourth-order valence-corrected chi connectivity index (χ4v) is 2.09. The molecule has 21 heavy (non-hydrogen) atoms. The monoisotopic (exact) mass is 358 g/mol. The van der Waals surface area contributed by atoms with Gasteiger partial charge in [-0.2, -0.15) is 5.10 Å². The highest BCUT2D eigenvalue weighted by Crippen LogP contribution is 2.35. The summed E-state index contributed by atoms with van der Waals surface area (Å²) in [7, 11) is 3.10. The fourth-order valence-electron chi connectivity index (χ4n) is 1.47. The first-order valence-corrected chi connectivity index (χ1v) is 6.99. The Bertz CT molecular complexity index is 539. The van der Waals surface area contributed by atoms with Crippen LogP contribution in [0.1, 0.15) is 26.3 Å². The van der Waals surface area contributed by atoms with Crippen LogP contribution in [0.4, 0.5) is 4.79 Å². The van der Waals surface area contributed by atoms with Crippen molar-refractivity contribution in [3.63, 3.8) is 0 Å². The van der Waals surface area contributed by atoms with E-state index in [0.29, 0.717) is 11.5 Å².